The van der Waals surface area contributed by atoms with Gasteiger partial charge in [-0.2, -0.15) is 5.10 Å². The molecule has 0 aliphatic rings. The molecule has 0 radical (unpaired) electrons. The summed E-state index contributed by atoms with van der Waals surface area (Å²) in [7, 11) is 1.60. The van der Waals surface area contributed by atoms with Gasteiger partial charge in [0.15, 0.2) is 5.13 Å². The highest BCUT2D eigenvalue weighted by Crippen LogP contribution is 2.32. The van der Waals surface area contributed by atoms with Gasteiger partial charge in [-0.3, -0.25) is 14.8 Å². The SMILES string of the molecule is COc1cccc2sc(NC(=O)c3cnn(Cc4ccccc4)c3)nc12. The van der Waals surface area contributed by atoms with Crippen LogP contribution in [0.25, 0.3) is 10.2 Å². The summed E-state index contributed by atoms with van der Waals surface area (Å²) in [6, 6.07) is 15.7. The number of amides is 1. The highest BCUT2D eigenvalue weighted by Gasteiger charge is 2.13. The minimum atomic E-state index is -0.234. The van der Waals surface area contributed by atoms with Crippen LogP contribution in [0.4, 0.5) is 5.13 Å². The van der Waals surface area contributed by atoms with Gasteiger partial charge in [0.05, 0.1) is 30.1 Å². The topological polar surface area (TPSA) is 69.0 Å². The lowest BCUT2D eigenvalue weighted by atomic mass is 10.2. The van der Waals surface area contributed by atoms with Gasteiger partial charge >= 0.3 is 0 Å². The zero-order chi connectivity index (χ0) is 17.9. The predicted octanol–water partition coefficient (Wildman–Crippen LogP) is 3.80. The van der Waals surface area contributed by atoms with Crippen molar-refractivity contribution in [2.75, 3.05) is 12.4 Å². The molecule has 26 heavy (non-hydrogen) atoms. The van der Waals surface area contributed by atoms with E-state index in [0.717, 1.165) is 15.8 Å². The monoisotopic (exact) mass is 364 g/mol. The molecule has 0 atom stereocenters. The minimum absolute atomic E-state index is 0.234. The first-order chi connectivity index (χ1) is 12.7. The van der Waals surface area contributed by atoms with Crippen molar-refractivity contribution in [2.45, 2.75) is 6.54 Å². The summed E-state index contributed by atoms with van der Waals surface area (Å²) in [6.45, 7) is 0.618. The molecular weight excluding hydrogens is 348 g/mol. The molecule has 6 nitrogen and oxygen atoms in total. The van der Waals surface area contributed by atoms with Crippen LogP contribution in [0.1, 0.15) is 15.9 Å². The number of thiazole rings is 1. The Labute approximate surface area is 154 Å². The highest BCUT2D eigenvalue weighted by atomic mass is 32.1. The van der Waals surface area contributed by atoms with Gasteiger partial charge in [-0.05, 0) is 17.7 Å². The summed E-state index contributed by atoms with van der Waals surface area (Å²) in [6.07, 6.45) is 3.29. The van der Waals surface area contributed by atoms with Crippen molar-refractivity contribution in [3.8, 4) is 5.75 Å². The fraction of sp³-hybridized carbons (Fsp3) is 0.105. The fourth-order valence-corrected chi connectivity index (χ4v) is 3.53. The molecule has 0 aliphatic heterocycles. The second-order valence-electron chi connectivity index (χ2n) is 5.69. The van der Waals surface area contributed by atoms with Crippen molar-refractivity contribution < 1.29 is 9.53 Å². The van der Waals surface area contributed by atoms with E-state index in [0.29, 0.717) is 23.0 Å². The van der Waals surface area contributed by atoms with Gasteiger partial charge in [-0.25, -0.2) is 4.98 Å². The van der Waals surface area contributed by atoms with Crippen LogP contribution in [0.15, 0.2) is 60.9 Å². The maximum absolute atomic E-state index is 12.5. The summed E-state index contributed by atoms with van der Waals surface area (Å²) >= 11 is 1.41. The number of rotatable bonds is 5. The number of nitrogens with one attached hydrogen (secondary N) is 1. The van der Waals surface area contributed by atoms with Crippen LogP contribution >= 0.6 is 11.3 Å². The second-order valence-corrected chi connectivity index (χ2v) is 6.72. The Balaban J connectivity index is 1.50. The molecule has 2 aromatic carbocycles. The average Bonchev–Trinajstić information content (AvgIpc) is 3.28. The molecule has 2 aromatic heterocycles. The van der Waals surface area contributed by atoms with Crippen LogP contribution in [-0.4, -0.2) is 27.8 Å². The lowest BCUT2D eigenvalue weighted by Gasteiger charge is -2.01. The number of carbonyl (C=O) groups is 1. The smallest absolute Gasteiger partial charge is 0.260 e. The van der Waals surface area contributed by atoms with Crippen LogP contribution in [0.5, 0.6) is 5.75 Å². The first-order valence-electron chi connectivity index (χ1n) is 8.04. The van der Waals surface area contributed by atoms with E-state index in [1.165, 1.54) is 11.3 Å². The molecule has 1 amide bonds. The van der Waals surface area contributed by atoms with Crippen molar-refractivity contribution in [2.24, 2.45) is 0 Å². The van der Waals surface area contributed by atoms with Crippen LogP contribution < -0.4 is 10.1 Å². The van der Waals surface area contributed by atoms with E-state index in [9.17, 15) is 4.79 Å². The van der Waals surface area contributed by atoms with Crippen molar-refractivity contribution in [3.63, 3.8) is 0 Å². The number of para-hydroxylation sites is 1. The first kappa shape index (κ1) is 16.3. The number of hydrogen-bond acceptors (Lipinski definition) is 5. The van der Waals surface area contributed by atoms with E-state index in [-0.39, 0.29) is 5.91 Å². The molecule has 130 valence electrons. The lowest BCUT2D eigenvalue weighted by molar-refractivity contribution is 0.102. The number of fused-ring (bicyclic) bond motifs is 1. The maximum atomic E-state index is 12.5. The molecule has 7 heteroatoms. The quantitative estimate of drug-likeness (QED) is 0.585. The largest absolute Gasteiger partial charge is 0.494 e. The van der Waals surface area contributed by atoms with Gasteiger partial charge in [-0.15, -0.1) is 0 Å². The van der Waals surface area contributed by atoms with Crippen LogP contribution in [-0.2, 0) is 6.54 Å². The molecule has 1 N–H and O–H groups in total. The zero-order valence-electron chi connectivity index (χ0n) is 14.0. The average molecular weight is 364 g/mol. The van der Waals surface area contributed by atoms with Gasteiger partial charge < -0.3 is 4.74 Å². The number of ether oxygens (including phenoxy) is 1. The lowest BCUT2D eigenvalue weighted by Crippen LogP contribution is -2.10. The summed E-state index contributed by atoms with van der Waals surface area (Å²) in [5.41, 5.74) is 2.36. The molecule has 4 rings (SSSR count). The third-order valence-electron chi connectivity index (χ3n) is 3.91. The van der Waals surface area contributed by atoms with Crippen molar-refractivity contribution >= 4 is 32.6 Å². The number of carbonyl (C=O) groups excluding carboxylic acids is 1. The molecule has 0 spiro atoms. The normalized spacial score (nSPS) is 10.8. The molecule has 0 saturated carbocycles. The first-order valence-corrected chi connectivity index (χ1v) is 8.86. The summed E-state index contributed by atoms with van der Waals surface area (Å²) in [4.78, 5) is 16.9. The predicted molar refractivity (Wildman–Crippen MR) is 102 cm³/mol. The molecule has 2 heterocycles. The van der Waals surface area contributed by atoms with E-state index in [2.05, 4.69) is 15.4 Å². The van der Waals surface area contributed by atoms with E-state index >= 15 is 0 Å². The summed E-state index contributed by atoms with van der Waals surface area (Å²) in [5, 5.41) is 7.63. The number of anilines is 1. The number of aromatic nitrogens is 3. The van der Waals surface area contributed by atoms with E-state index in [1.807, 2.05) is 48.5 Å². The Bertz CT molecular complexity index is 1060. The third kappa shape index (κ3) is 3.29. The Morgan fingerprint density at radius 3 is 2.85 bits per heavy atom. The molecular formula is C19H16N4O2S. The Hall–Kier alpha value is -3.19. The van der Waals surface area contributed by atoms with Crippen molar-refractivity contribution in [3.05, 3.63) is 72.1 Å². The van der Waals surface area contributed by atoms with Crippen molar-refractivity contribution in [1.29, 1.82) is 0 Å². The summed E-state index contributed by atoms with van der Waals surface area (Å²) in [5.74, 6) is 0.456. The Morgan fingerprint density at radius 2 is 2.04 bits per heavy atom. The fourth-order valence-electron chi connectivity index (χ4n) is 2.65. The van der Waals surface area contributed by atoms with Gasteiger partial charge in [-0.1, -0.05) is 47.7 Å². The Morgan fingerprint density at radius 1 is 1.19 bits per heavy atom. The van der Waals surface area contributed by atoms with Gasteiger partial charge in [0.1, 0.15) is 11.3 Å². The van der Waals surface area contributed by atoms with Gasteiger partial charge in [0.25, 0.3) is 5.91 Å². The summed E-state index contributed by atoms with van der Waals surface area (Å²) < 4.78 is 8.01. The van der Waals surface area contributed by atoms with E-state index < -0.39 is 0 Å². The molecule has 0 saturated heterocycles. The third-order valence-corrected chi connectivity index (χ3v) is 4.84. The van der Waals surface area contributed by atoms with Crippen molar-refractivity contribution in [1.82, 2.24) is 14.8 Å². The van der Waals surface area contributed by atoms with Crippen LogP contribution in [0.2, 0.25) is 0 Å². The molecule has 0 bridgehead atoms. The maximum Gasteiger partial charge on any atom is 0.260 e. The van der Waals surface area contributed by atoms with Crippen LogP contribution in [0.3, 0.4) is 0 Å². The molecule has 0 fully saturated rings. The van der Waals surface area contributed by atoms with E-state index in [1.54, 1.807) is 24.2 Å². The zero-order valence-corrected chi connectivity index (χ0v) is 14.9. The molecule has 4 aromatic rings. The minimum Gasteiger partial charge on any atom is -0.494 e. The molecule has 0 unspecified atom stereocenters. The number of nitrogens with zero attached hydrogens (tertiary/aromatic N) is 3. The number of hydrogen-bond donors (Lipinski definition) is 1. The second kappa shape index (κ2) is 6.97. The van der Waals surface area contributed by atoms with Crippen LogP contribution in [0, 0.1) is 0 Å². The highest BCUT2D eigenvalue weighted by molar-refractivity contribution is 7.22. The van der Waals surface area contributed by atoms with Gasteiger partial charge in [0.2, 0.25) is 0 Å². The van der Waals surface area contributed by atoms with E-state index in [4.69, 9.17) is 4.74 Å². The number of benzene rings is 2. The Kier molecular flexibility index (Phi) is 4.37. The molecule has 0 aliphatic carbocycles. The number of methoxy groups -OCH3 is 1. The standard InChI is InChI=1S/C19H16N4O2S/c1-25-15-8-5-9-16-17(15)21-19(26-16)22-18(24)14-10-20-23(12-14)11-13-6-3-2-4-7-13/h2-10,12H,11H2,1H3,(H,21,22,24). The van der Waals surface area contributed by atoms with Gasteiger partial charge in [0, 0.05) is 6.20 Å².